The third kappa shape index (κ3) is 3.73. The molecule has 1 unspecified atom stereocenters. The lowest BCUT2D eigenvalue weighted by Crippen LogP contribution is -2.37. The van der Waals surface area contributed by atoms with Gasteiger partial charge >= 0.3 is 0 Å². The van der Waals surface area contributed by atoms with Gasteiger partial charge in [-0.05, 0) is 48.3 Å². The van der Waals surface area contributed by atoms with Crippen LogP contribution in [0.25, 0.3) is 0 Å². The minimum absolute atomic E-state index is 0. The fraction of sp³-hybridized carbons (Fsp3) is 0.583. The molecule has 0 aromatic carbocycles. The Balaban J connectivity index is 0.00000162. The Bertz CT molecular complexity index is 402. The molecule has 0 saturated carbocycles. The van der Waals surface area contributed by atoms with Crippen LogP contribution in [0.1, 0.15) is 30.3 Å². The molecule has 6 heteroatoms. The number of amides is 1. The molecule has 18 heavy (non-hydrogen) atoms. The van der Waals surface area contributed by atoms with Crippen LogP contribution >= 0.6 is 28.3 Å². The second kappa shape index (κ2) is 7.16. The van der Waals surface area contributed by atoms with Crippen molar-refractivity contribution < 1.29 is 4.79 Å². The Hall–Kier alpha value is -0.520. The zero-order valence-corrected chi connectivity index (χ0v) is 12.8. The molecule has 0 aliphatic carbocycles. The highest BCUT2D eigenvalue weighted by atomic mass is 79.9. The summed E-state index contributed by atoms with van der Waals surface area (Å²) >= 11 is 3.40. The van der Waals surface area contributed by atoms with E-state index in [1.165, 1.54) is 6.42 Å². The predicted octanol–water partition coefficient (Wildman–Crippen LogP) is 2.17. The molecule has 1 amide bonds. The molecule has 102 valence electrons. The first-order valence-electron chi connectivity index (χ1n) is 6.08. The van der Waals surface area contributed by atoms with Gasteiger partial charge < -0.3 is 15.2 Å². The Morgan fingerprint density at radius 2 is 2.44 bits per heavy atom. The van der Waals surface area contributed by atoms with Crippen LogP contribution in [0.2, 0.25) is 0 Å². The van der Waals surface area contributed by atoms with Crippen molar-refractivity contribution >= 4 is 34.2 Å². The van der Waals surface area contributed by atoms with E-state index in [1.807, 2.05) is 23.8 Å². The van der Waals surface area contributed by atoms with Crippen LogP contribution in [0, 0.1) is 0 Å². The van der Waals surface area contributed by atoms with Gasteiger partial charge in [-0.15, -0.1) is 12.4 Å². The number of aromatic nitrogens is 1. The molecule has 0 spiro atoms. The summed E-state index contributed by atoms with van der Waals surface area (Å²) < 4.78 is 2.89. The van der Waals surface area contributed by atoms with E-state index >= 15 is 0 Å². The molecule has 0 bridgehead atoms. The Morgan fingerprint density at radius 1 is 1.67 bits per heavy atom. The molecular formula is C12H19BrClN3O. The molecule has 1 saturated heterocycles. The monoisotopic (exact) mass is 335 g/mol. The molecule has 1 aromatic heterocycles. The summed E-state index contributed by atoms with van der Waals surface area (Å²) in [6, 6.07) is 2.30. The van der Waals surface area contributed by atoms with Gasteiger partial charge in [0, 0.05) is 29.8 Å². The fourth-order valence-electron chi connectivity index (χ4n) is 2.16. The summed E-state index contributed by atoms with van der Waals surface area (Å²) in [7, 11) is 0. The number of nitrogens with one attached hydrogen (secondary N) is 2. The Labute approximate surface area is 122 Å². The van der Waals surface area contributed by atoms with Crippen LogP contribution in [-0.4, -0.2) is 29.6 Å². The molecule has 1 aromatic rings. The van der Waals surface area contributed by atoms with Crippen LogP contribution < -0.4 is 10.6 Å². The smallest absolute Gasteiger partial charge is 0.267 e. The first kappa shape index (κ1) is 15.5. The lowest BCUT2D eigenvalue weighted by atomic mass is 10.2. The average molecular weight is 337 g/mol. The van der Waals surface area contributed by atoms with Crippen molar-refractivity contribution in [2.75, 3.05) is 13.1 Å². The first-order valence-corrected chi connectivity index (χ1v) is 6.87. The van der Waals surface area contributed by atoms with Gasteiger partial charge in [0.15, 0.2) is 0 Å². The SMILES string of the molecule is CCn1cc(Br)cc1C(=O)NCC1CCCN1.Cl. The van der Waals surface area contributed by atoms with Crippen LogP contribution in [-0.2, 0) is 6.54 Å². The van der Waals surface area contributed by atoms with Crippen LogP contribution in [0.5, 0.6) is 0 Å². The maximum absolute atomic E-state index is 12.0. The van der Waals surface area contributed by atoms with Crippen molar-refractivity contribution in [3.63, 3.8) is 0 Å². The number of nitrogens with zero attached hydrogens (tertiary/aromatic N) is 1. The number of hydrogen-bond acceptors (Lipinski definition) is 2. The van der Waals surface area contributed by atoms with Gasteiger partial charge in [-0.1, -0.05) is 0 Å². The molecule has 2 heterocycles. The van der Waals surface area contributed by atoms with Gasteiger partial charge in [-0.3, -0.25) is 4.79 Å². The van der Waals surface area contributed by atoms with Crippen molar-refractivity contribution in [1.29, 1.82) is 0 Å². The number of rotatable bonds is 4. The minimum atomic E-state index is 0. The zero-order chi connectivity index (χ0) is 12.3. The van der Waals surface area contributed by atoms with Gasteiger partial charge in [0.2, 0.25) is 0 Å². The molecule has 2 rings (SSSR count). The van der Waals surface area contributed by atoms with Crippen LogP contribution in [0.4, 0.5) is 0 Å². The van der Waals surface area contributed by atoms with E-state index in [-0.39, 0.29) is 18.3 Å². The summed E-state index contributed by atoms with van der Waals surface area (Å²) in [6.07, 6.45) is 4.29. The molecular weight excluding hydrogens is 318 g/mol. The maximum atomic E-state index is 12.0. The van der Waals surface area contributed by atoms with E-state index in [9.17, 15) is 4.79 Å². The predicted molar refractivity (Wildman–Crippen MR) is 78.4 cm³/mol. The number of hydrogen-bond donors (Lipinski definition) is 2. The van der Waals surface area contributed by atoms with Crippen molar-refractivity contribution in [2.45, 2.75) is 32.4 Å². The summed E-state index contributed by atoms with van der Waals surface area (Å²) in [4.78, 5) is 12.0. The number of aryl methyl sites for hydroxylation is 1. The normalized spacial score (nSPS) is 18.4. The second-order valence-corrected chi connectivity index (χ2v) is 5.25. The lowest BCUT2D eigenvalue weighted by molar-refractivity contribution is 0.0941. The van der Waals surface area contributed by atoms with Crippen molar-refractivity contribution in [3.05, 3.63) is 22.4 Å². The highest BCUT2D eigenvalue weighted by molar-refractivity contribution is 9.10. The van der Waals surface area contributed by atoms with Gasteiger partial charge in [0.1, 0.15) is 5.69 Å². The average Bonchev–Trinajstić information content (AvgIpc) is 2.94. The van der Waals surface area contributed by atoms with Crippen LogP contribution in [0.3, 0.4) is 0 Å². The van der Waals surface area contributed by atoms with E-state index in [1.54, 1.807) is 0 Å². The van der Waals surface area contributed by atoms with Gasteiger partial charge in [0.25, 0.3) is 5.91 Å². The van der Waals surface area contributed by atoms with Crippen molar-refractivity contribution in [2.24, 2.45) is 0 Å². The zero-order valence-electron chi connectivity index (χ0n) is 10.4. The van der Waals surface area contributed by atoms with Crippen molar-refractivity contribution in [3.8, 4) is 0 Å². The van der Waals surface area contributed by atoms with E-state index in [2.05, 4.69) is 26.6 Å². The highest BCUT2D eigenvalue weighted by Gasteiger charge is 2.17. The standard InChI is InChI=1S/C12H18BrN3O.ClH/c1-2-16-8-9(13)6-11(16)12(17)15-7-10-4-3-5-14-10;/h6,8,10,14H,2-5,7H2,1H3,(H,15,17);1H. The summed E-state index contributed by atoms with van der Waals surface area (Å²) in [5, 5.41) is 6.35. The third-order valence-corrected chi connectivity index (χ3v) is 3.54. The maximum Gasteiger partial charge on any atom is 0.267 e. The topological polar surface area (TPSA) is 46.1 Å². The molecule has 4 nitrogen and oxygen atoms in total. The van der Waals surface area contributed by atoms with E-state index in [0.717, 1.165) is 29.7 Å². The fourth-order valence-corrected chi connectivity index (χ4v) is 2.63. The van der Waals surface area contributed by atoms with Gasteiger partial charge in [-0.2, -0.15) is 0 Å². The largest absolute Gasteiger partial charge is 0.349 e. The summed E-state index contributed by atoms with van der Waals surface area (Å²) in [6.45, 7) is 4.61. The molecule has 2 N–H and O–H groups in total. The molecule has 1 aliphatic heterocycles. The Morgan fingerprint density at radius 3 is 3.06 bits per heavy atom. The van der Waals surface area contributed by atoms with Crippen molar-refractivity contribution in [1.82, 2.24) is 15.2 Å². The van der Waals surface area contributed by atoms with Gasteiger partial charge in [-0.25, -0.2) is 0 Å². The number of carbonyl (C=O) groups is 1. The molecule has 1 aliphatic rings. The highest BCUT2D eigenvalue weighted by Crippen LogP contribution is 2.15. The number of carbonyl (C=O) groups excluding carboxylic acids is 1. The summed E-state index contributed by atoms with van der Waals surface area (Å²) in [5.74, 6) is 0.00579. The van der Waals surface area contributed by atoms with E-state index in [4.69, 9.17) is 0 Å². The molecule has 1 fully saturated rings. The van der Waals surface area contributed by atoms with Gasteiger partial charge in [0.05, 0.1) is 0 Å². The molecule has 0 radical (unpaired) electrons. The quantitative estimate of drug-likeness (QED) is 0.885. The summed E-state index contributed by atoms with van der Waals surface area (Å²) in [5.41, 5.74) is 0.720. The second-order valence-electron chi connectivity index (χ2n) is 4.33. The number of halogens is 2. The van der Waals surface area contributed by atoms with E-state index < -0.39 is 0 Å². The molecule has 1 atom stereocenters. The Kier molecular flexibility index (Phi) is 6.18. The third-order valence-electron chi connectivity index (χ3n) is 3.11. The van der Waals surface area contributed by atoms with E-state index in [0.29, 0.717) is 12.6 Å². The van der Waals surface area contributed by atoms with Crippen LogP contribution in [0.15, 0.2) is 16.7 Å². The first-order chi connectivity index (χ1) is 8.20. The minimum Gasteiger partial charge on any atom is -0.349 e. The lowest BCUT2D eigenvalue weighted by Gasteiger charge is -2.12.